The Morgan fingerprint density at radius 1 is 1.43 bits per heavy atom. The van der Waals surface area contributed by atoms with Gasteiger partial charge in [-0.3, -0.25) is 4.79 Å². The average Bonchev–Trinajstić information content (AvgIpc) is 1.99. The van der Waals surface area contributed by atoms with E-state index in [1.807, 2.05) is 29.2 Å². The number of anilines is 1. The molecule has 0 radical (unpaired) electrons. The topological polar surface area (TPSA) is 46.3 Å². The Labute approximate surface area is 83.5 Å². The summed E-state index contributed by atoms with van der Waals surface area (Å²) in [6.45, 7) is 1.84. The Morgan fingerprint density at radius 2 is 2.21 bits per heavy atom. The molecule has 3 heteroatoms. The van der Waals surface area contributed by atoms with Crippen LogP contribution >= 0.6 is 0 Å². The molecule has 0 unspecified atom stereocenters. The van der Waals surface area contributed by atoms with Crippen LogP contribution in [-0.2, 0) is 11.2 Å². The highest BCUT2D eigenvalue weighted by Crippen LogP contribution is 2.12. The first-order chi connectivity index (χ1) is 6.75. The predicted molar refractivity (Wildman–Crippen MR) is 55.8 cm³/mol. The highest BCUT2D eigenvalue weighted by atomic mass is 16.2. The van der Waals surface area contributed by atoms with Gasteiger partial charge in [0.2, 0.25) is 5.91 Å². The monoisotopic (exact) mass is 190 g/mol. The third kappa shape index (κ3) is 1.87. The van der Waals surface area contributed by atoms with Crippen molar-refractivity contribution in [3.63, 3.8) is 0 Å². The van der Waals surface area contributed by atoms with Crippen LogP contribution < -0.4 is 5.73 Å². The second-order valence-electron chi connectivity index (χ2n) is 3.66. The number of benzene rings is 1. The number of carbonyl (C=O) groups excluding carboxylic acids is 1. The first-order valence-electron chi connectivity index (χ1n) is 4.88. The molecular formula is C11H14N2O. The van der Waals surface area contributed by atoms with Gasteiger partial charge < -0.3 is 10.6 Å². The lowest BCUT2D eigenvalue weighted by atomic mass is 10.1. The summed E-state index contributed by atoms with van der Waals surface area (Å²) in [6.07, 6.45) is 1.62. The van der Waals surface area contributed by atoms with E-state index in [1.165, 1.54) is 0 Å². The minimum Gasteiger partial charge on any atom is -0.399 e. The van der Waals surface area contributed by atoms with Crippen molar-refractivity contribution in [2.24, 2.45) is 0 Å². The lowest BCUT2D eigenvalue weighted by Crippen LogP contribution is -2.42. The maximum Gasteiger partial charge on any atom is 0.226 e. The second kappa shape index (κ2) is 3.70. The summed E-state index contributed by atoms with van der Waals surface area (Å²) in [6, 6.07) is 7.51. The van der Waals surface area contributed by atoms with Gasteiger partial charge in [0.1, 0.15) is 0 Å². The summed E-state index contributed by atoms with van der Waals surface area (Å²) in [5, 5.41) is 0. The summed E-state index contributed by atoms with van der Waals surface area (Å²) in [4.78, 5) is 13.5. The van der Waals surface area contributed by atoms with E-state index in [4.69, 9.17) is 5.73 Å². The van der Waals surface area contributed by atoms with Crippen LogP contribution in [0, 0.1) is 0 Å². The Bertz CT molecular complexity index is 345. The van der Waals surface area contributed by atoms with E-state index < -0.39 is 0 Å². The minimum absolute atomic E-state index is 0.210. The van der Waals surface area contributed by atoms with Crippen LogP contribution in [0.5, 0.6) is 0 Å². The molecule has 2 rings (SSSR count). The molecular weight excluding hydrogens is 176 g/mol. The van der Waals surface area contributed by atoms with Crippen molar-refractivity contribution in [3.8, 4) is 0 Å². The van der Waals surface area contributed by atoms with Gasteiger partial charge in [-0.2, -0.15) is 0 Å². The SMILES string of the molecule is Nc1cccc(CC(=O)N2CCC2)c1. The molecule has 0 atom stereocenters. The van der Waals surface area contributed by atoms with Gasteiger partial charge in [0.05, 0.1) is 6.42 Å². The number of hydrogen-bond donors (Lipinski definition) is 1. The average molecular weight is 190 g/mol. The number of nitrogen functional groups attached to an aromatic ring is 1. The highest BCUT2D eigenvalue weighted by Gasteiger charge is 2.19. The zero-order chi connectivity index (χ0) is 9.97. The molecule has 1 heterocycles. The van der Waals surface area contributed by atoms with Crippen molar-refractivity contribution in [2.45, 2.75) is 12.8 Å². The number of carbonyl (C=O) groups is 1. The van der Waals surface area contributed by atoms with Crippen LogP contribution in [-0.4, -0.2) is 23.9 Å². The fraction of sp³-hybridized carbons (Fsp3) is 0.364. The molecule has 1 saturated heterocycles. The van der Waals surface area contributed by atoms with E-state index in [1.54, 1.807) is 0 Å². The quantitative estimate of drug-likeness (QED) is 0.708. The first kappa shape index (κ1) is 9.06. The summed E-state index contributed by atoms with van der Waals surface area (Å²) in [5.41, 5.74) is 7.35. The zero-order valence-electron chi connectivity index (χ0n) is 8.07. The third-order valence-electron chi connectivity index (χ3n) is 2.52. The second-order valence-corrected chi connectivity index (χ2v) is 3.66. The maximum absolute atomic E-state index is 11.6. The van der Waals surface area contributed by atoms with Crippen molar-refractivity contribution in [1.82, 2.24) is 4.90 Å². The number of rotatable bonds is 2. The molecule has 1 fully saturated rings. The van der Waals surface area contributed by atoms with Gasteiger partial charge in [0.25, 0.3) is 0 Å². The molecule has 74 valence electrons. The van der Waals surface area contributed by atoms with Crippen LogP contribution in [0.1, 0.15) is 12.0 Å². The van der Waals surface area contributed by atoms with E-state index in [0.717, 1.165) is 30.8 Å². The van der Waals surface area contributed by atoms with Crippen LogP contribution in [0.25, 0.3) is 0 Å². The largest absolute Gasteiger partial charge is 0.399 e. The normalized spacial score (nSPS) is 15.0. The lowest BCUT2D eigenvalue weighted by molar-refractivity contribution is -0.133. The lowest BCUT2D eigenvalue weighted by Gasteiger charge is -2.30. The van der Waals surface area contributed by atoms with Crippen molar-refractivity contribution in [3.05, 3.63) is 29.8 Å². The predicted octanol–water partition coefficient (Wildman–Crippen LogP) is 1.04. The highest BCUT2D eigenvalue weighted by molar-refractivity contribution is 5.79. The standard InChI is InChI=1S/C11H14N2O/c12-10-4-1-3-9(7-10)8-11(14)13-5-2-6-13/h1,3-4,7H,2,5-6,8,12H2. The Balaban J connectivity index is 1.99. The van der Waals surface area contributed by atoms with Gasteiger partial charge in [0, 0.05) is 18.8 Å². The number of amides is 1. The van der Waals surface area contributed by atoms with Gasteiger partial charge >= 0.3 is 0 Å². The van der Waals surface area contributed by atoms with Gasteiger partial charge in [-0.25, -0.2) is 0 Å². The molecule has 1 aliphatic heterocycles. The third-order valence-corrected chi connectivity index (χ3v) is 2.52. The summed E-state index contributed by atoms with van der Waals surface area (Å²) in [5.74, 6) is 0.210. The van der Waals surface area contributed by atoms with E-state index in [9.17, 15) is 4.79 Å². The van der Waals surface area contributed by atoms with Crippen LogP contribution in [0.3, 0.4) is 0 Å². The van der Waals surface area contributed by atoms with E-state index >= 15 is 0 Å². The Kier molecular flexibility index (Phi) is 2.39. The fourth-order valence-corrected chi connectivity index (χ4v) is 1.56. The number of nitrogens with zero attached hydrogens (tertiary/aromatic N) is 1. The van der Waals surface area contributed by atoms with Gasteiger partial charge in [0.15, 0.2) is 0 Å². The molecule has 0 spiro atoms. The number of likely N-dealkylation sites (tertiary alicyclic amines) is 1. The molecule has 1 aromatic rings. The summed E-state index contributed by atoms with van der Waals surface area (Å²) >= 11 is 0. The molecule has 0 saturated carbocycles. The summed E-state index contributed by atoms with van der Waals surface area (Å²) < 4.78 is 0. The first-order valence-corrected chi connectivity index (χ1v) is 4.88. The van der Waals surface area contributed by atoms with Crippen molar-refractivity contribution in [1.29, 1.82) is 0 Å². The van der Waals surface area contributed by atoms with Crippen LogP contribution in [0.15, 0.2) is 24.3 Å². The smallest absolute Gasteiger partial charge is 0.226 e. The minimum atomic E-state index is 0.210. The van der Waals surface area contributed by atoms with Gasteiger partial charge in [-0.05, 0) is 24.1 Å². The molecule has 14 heavy (non-hydrogen) atoms. The van der Waals surface area contributed by atoms with Crippen molar-refractivity contribution in [2.75, 3.05) is 18.8 Å². The molecule has 1 aromatic carbocycles. The van der Waals surface area contributed by atoms with Crippen molar-refractivity contribution < 1.29 is 4.79 Å². The molecule has 0 bridgehead atoms. The van der Waals surface area contributed by atoms with E-state index in [-0.39, 0.29) is 5.91 Å². The molecule has 3 nitrogen and oxygen atoms in total. The molecule has 2 N–H and O–H groups in total. The summed E-state index contributed by atoms with van der Waals surface area (Å²) in [7, 11) is 0. The van der Waals surface area contributed by atoms with Crippen LogP contribution in [0.2, 0.25) is 0 Å². The molecule has 1 amide bonds. The zero-order valence-corrected chi connectivity index (χ0v) is 8.07. The van der Waals surface area contributed by atoms with E-state index in [0.29, 0.717) is 6.42 Å². The van der Waals surface area contributed by atoms with Gasteiger partial charge in [-0.15, -0.1) is 0 Å². The molecule has 0 aliphatic carbocycles. The number of hydrogen-bond acceptors (Lipinski definition) is 2. The Morgan fingerprint density at radius 3 is 2.79 bits per heavy atom. The Hall–Kier alpha value is -1.51. The van der Waals surface area contributed by atoms with Crippen LogP contribution in [0.4, 0.5) is 5.69 Å². The van der Waals surface area contributed by atoms with Gasteiger partial charge in [-0.1, -0.05) is 12.1 Å². The maximum atomic E-state index is 11.6. The fourth-order valence-electron chi connectivity index (χ4n) is 1.56. The van der Waals surface area contributed by atoms with E-state index in [2.05, 4.69) is 0 Å². The number of nitrogens with two attached hydrogens (primary N) is 1. The van der Waals surface area contributed by atoms with Crippen molar-refractivity contribution >= 4 is 11.6 Å². The molecule has 1 aliphatic rings. The molecule has 0 aromatic heterocycles.